The van der Waals surface area contributed by atoms with Crippen molar-refractivity contribution in [3.8, 4) is 11.5 Å². The number of hydrogen-bond donors (Lipinski definition) is 3. The summed E-state index contributed by atoms with van der Waals surface area (Å²) in [6.45, 7) is 3.54. The highest BCUT2D eigenvalue weighted by Gasteiger charge is 2.43. The van der Waals surface area contributed by atoms with E-state index in [4.69, 9.17) is 0 Å². The van der Waals surface area contributed by atoms with Gasteiger partial charge in [-0.2, -0.15) is 0 Å². The zero-order chi connectivity index (χ0) is 20.3. The highest BCUT2D eigenvalue weighted by molar-refractivity contribution is 5.99. The molecule has 9 heteroatoms. The number of urea groups is 1. The number of fused-ring (bicyclic) bond motifs is 1. The Kier molecular flexibility index (Phi) is 5.34. The van der Waals surface area contributed by atoms with Gasteiger partial charge in [-0.25, -0.2) is 4.79 Å². The Hall–Kier alpha value is -3.36. The predicted octanol–water partition coefficient (Wildman–Crippen LogP) is 3.79. The van der Waals surface area contributed by atoms with Crippen LogP contribution in [0.5, 0.6) is 11.5 Å². The summed E-state index contributed by atoms with van der Waals surface area (Å²) < 4.78 is 34.9. The third-order valence-corrected chi connectivity index (χ3v) is 3.94. The molecule has 2 aromatic carbocycles. The van der Waals surface area contributed by atoms with E-state index in [1.165, 1.54) is 18.2 Å². The van der Waals surface area contributed by atoms with Crippen LogP contribution in [0.15, 0.2) is 48.5 Å². The lowest BCUT2D eigenvalue weighted by Crippen LogP contribution is -2.48. The van der Waals surface area contributed by atoms with Crippen LogP contribution in [-0.2, 0) is 4.79 Å². The normalized spacial score (nSPS) is 15.0. The van der Waals surface area contributed by atoms with E-state index in [2.05, 4.69) is 25.4 Å². The minimum absolute atomic E-state index is 0.122. The van der Waals surface area contributed by atoms with Crippen molar-refractivity contribution in [1.82, 2.24) is 5.32 Å². The monoisotopic (exact) mass is 391 g/mol. The van der Waals surface area contributed by atoms with Crippen molar-refractivity contribution in [2.24, 2.45) is 5.92 Å². The van der Waals surface area contributed by atoms with Crippen molar-refractivity contribution in [3.63, 3.8) is 0 Å². The fourth-order valence-corrected chi connectivity index (χ4v) is 2.61. The van der Waals surface area contributed by atoms with Gasteiger partial charge in [0.15, 0.2) is 11.5 Å². The number of ether oxygens (including phenoxy) is 2. The summed E-state index contributed by atoms with van der Waals surface area (Å²) in [7, 11) is 0. The molecule has 0 aliphatic carbocycles. The molecule has 0 aromatic heterocycles. The standard InChI is InChI=1S/C19H19F2N3O4/c1-11(2)16(24-18(26)23-12-6-4-3-5-7-12)17(25)22-13-8-9-14-15(10-13)28-19(20,21)27-14/h3-11,16H,1-2H3,(H,22,25)(H2,23,24,26). The van der Waals surface area contributed by atoms with Gasteiger partial charge in [-0.05, 0) is 30.2 Å². The maximum absolute atomic E-state index is 13.1. The zero-order valence-electron chi connectivity index (χ0n) is 15.2. The summed E-state index contributed by atoms with van der Waals surface area (Å²) in [5, 5.41) is 7.84. The van der Waals surface area contributed by atoms with Crippen LogP contribution < -0.4 is 25.4 Å². The smallest absolute Gasteiger partial charge is 0.395 e. The van der Waals surface area contributed by atoms with Gasteiger partial charge in [0, 0.05) is 17.4 Å². The summed E-state index contributed by atoms with van der Waals surface area (Å²) in [5.41, 5.74) is 0.820. The van der Waals surface area contributed by atoms with Gasteiger partial charge in [0.1, 0.15) is 6.04 Å². The second-order valence-electron chi connectivity index (χ2n) is 6.50. The number of carbonyl (C=O) groups is 2. The molecule has 0 saturated heterocycles. The van der Waals surface area contributed by atoms with E-state index < -0.39 is 24.3 Å². The molecule has 28 heavy (non-hydrogen) atoms. The number of amides is 3. The molecule has 0 bridgehead atoms. The Balaban J connectivity index is 1.64. The van der Waals surface area contributed by atoms with Crippen LogP contribution in [-0.4, -0.2) is 24.3 Å². The van der Waals surface area contributed by atoms with E-state index >= 15 is 0 Å². The Morgan fingerprint density at radius 2 is 1.61 bits per heavy atom. The van der Waals surface area contributed by atoms with Gasteiger partial charge >= 0.3 is 12.3 Å². The van der Waals surface area contributed by atoms with Gasteiger partial charge in [0.25, 0.3) is 0 Å². The second kappa shape index (κ2) is 7.71. The minimum Gasteiger partial charge on any atom is -0.395 e. The number of anilines is 2. The summed E-state index contributed by atoms with van der Waals surface area (Å²) in [4.78, 5) is 24.8. The molecular weight excluding hydrogens is 372 g/mol. The van der Waals surface area contributed by atoms with Crippen molar-refractivity contribution >= 4 is 23.3 Å². The van der Waals surface area contributed by atoms with Gasteiger partial charge in [-0.15, -0.1) is 8.78 Å². The molecule has 0 saturated carbocycles. The molecule has 7 nitrogen and oxygen atoms in total. The fraction of sp³-hybridized carbons (Fsp3) is 0.263. The summed E-state index contributed by atoms with van der Waals surface area (Å²) in [6, 6.07) is 11.3. The van der Waals surface area contributed by atoms with Crippen LogP contribution in [0.3, 0.4) is 0 Å². The first-order chi connectivity index (χ1) is 13.2. The molecule has 3 N–H and O–H groups in total. The van der Waals surface area contributed by atoms with Gasteiger partial charge in [-0.1, -0.05) is 32.0 Å². The van der Waals surface area contributed by atoms with Crippen LogP contribution >= 0.6 is 0 Å². The first kappa shape index (κ1) is 19.4. The van der Waals surface area contributed by atoms with Gasteiger partial charge in [-0.3, -0.25) is 4.79 Å². The predicted molar refractivity (Wildman–Crippen MR) is 98.5 cm³/mol. The maximum atomic E-state index is 13.1. The molecule has 1 aliphatic heterocycles. The Morgan fingerprint density at radius 1 is 0.929 bits per heavy atom. The van der Waals surface area contributed by atoms with E-state index in [0.717, 1.165) is 0 Å². The third kappa shape index (κ3) is 4.67. The Morgan fingerprint density at radius 3 is 2.29 bits per heavy atom. The van der Waals surface area contributed by atoms with E-state index in [-0.39, 0.29) is 23.1 Å². The number of halogens is 2. The van der Waals surface area contributed by atoms with Crippen LogP contribution in [0.2, 0.25) is 0 Å². The van der Waals surface area contributed by atoms with Crippen molar-refractivity contribution in [3.05, 3.63) is 48.5 Å². The topological polar surface area (TPSA) is 88.7 Å². The minimum atomic E-state index is -3.73. The molecule has 3 rings (SSSR count). The molecule has 0 spiro atoms. The Labute approximate surface area is 160 Å². The SMILES string of the molecule is CC(C)C(NC(=O)Nc1ccccc1)C(=O)Nc1ccc2c(c1)OC(F)(F)O2. The average molecular weight is 391 g/mol. The van der Waals surface area contributed by atoms with Crippen LogP contribution in [0.1, 0.15) is 13.8 Å². The maximum Gasteiger partial charge on any atom is 0.586 e. The molecule has 0 radical (unpaired) electrons. The lowest BCUT2D eigenvalue weighted by Gasteiger charge is -2.22. The summed E-state index contributed by atoms with van der Waals surface area (Å²) in [5.74, 6) is -1.02. The molecule has 2 aromatic rings. The summed E-state index contributed by atoms with van der Waals surface area (Å²) in [6.07, 6.45) is -3.73. The van der Waals surface area contributed by atoms with Crippen LogP contribution in [0, 0.1) is 5.92 Å². The first-order valence-corrected chi connectivity index (χ1v) is 8.57. The van der Waals surface area contributed by atoms with Crippen molar-refractivity contribution in [2.75, 3.05) is 10.6 Å². The second-order valence-corrected chi connectivity index (χ2v) is 6.50. The largest absolute Gasteiger partial charge is 0.586 e. The number of alkyl halides is 2. The lowest BCUT2D eigenvalue weighted by molar-refractivity contribution is -0.286. The third-order valence-electron chi connectivity index (χ3n) is 3.94. The number of nitrogens with one attached hydrogen (secondary N) is 3. The zero-order valence-corrected chi connectivity index (χ0v) is 15.2. The molecule has 1 atom stereocenters. The molecule has 148 valence electrons. The quantitative estimate of drug-likeness (QED) is 0.724. The molecule has 1 aliphatic rings. The van der Waals surface area contributed by atoms with E-state index in [1.54, 1.807) is 38.1 Å². The van der Waals surface area contributed by atoms with Gasteiger partial charge in [0.05, 0.1) is 0 Å². The number of carbonyl (C=O) groups excluding carboxylic acids is 2. The summed E-state index contributed by atoms with van der Waals surface area (Å²) >= 11 is 0. The molecule has 1 heterocycles. The molecule has 3 amide bonds. The number of para-hydroxylation sites is 1. The number of hydrogen-bond acceptors (Lipinski definition) is 4. The fourth-order valence-electron chi connectivity index (χ4n) is 2.61. The van der Waals surface area contributed by atoms with Crippen molar-refractivity contribution < 1.29 is 27.8 Å². The van der Waals surface area contributed by atoms with Crippen LogP contribution in [0.4, 0.5) is 25.0 Å². The van der Waals surface area contributed by atoms with Crippen LogP contribution in [0.25, 0.3) is 0 Å². The van der Waals surface area contributed by atoms with E-state index in [0.29, 0.717) is 5.69 Å². The molecular formula is C19H19F2N3O4. The molecule has 0 fully saturated rings. The Bertz CT molecular complexity index is 875. The van der Waals surface area contributed by atoms with Crippen molar-refractivity contribution in [2.45, 2.75) is 26.2 Å². The number of benzene rings is 2. The lowest BCUT2D eigenvalue weighted by atomic mass is 10.0. The highest BCUT2D eigenvalue weighted by atomic mass is 19.3. The van der Waals surface area contributed by atoms with Gasteiger partial charge < -0.3 is 25.4 Å². The average Bonchev–Trinajstić information content (AvgIpc) is 2.93. The van der Waals surface area contributed by atoms with Gasteiger partial charge in [0.2, 0.25) is 5.91 Å². The number of rotatable bonds is 5. The van der Waals surface area contributed by atoms with Crippen molar-refractivity contribution in [1.29, 1.82) is 0 Å². The van der Waals surface area contributed by atoms with E-state index in [1.807, 2.05) is 6.07 Å². The first-order valence-electron chi connectivity index (χ1n) is 8.57. The molecule has 1 unspecified atom stereocenters. The highest BCUT2D eigenvalue weighted by Crippen LogP contribution is 2.42. The van der Waals surface area contributed by atoms with E-state index in [9.17, 15) is 18.4 Å².